The molecule has 0 radical (unpaired) electrons. The van der Waals surface area contributed by atoms with Crippen LogP contribution < -0.4 is 15.6 Å². The minimum atomic E-state index is -0.575. The number of hydrogen-bond donors (Lipinski definition) is 1. The summed E-state index contributed by atoms with van der Waals surface area (Å²) in [5.74, 6) is -0.523. The van der Waals surface area contributed by atoms with Crippen LogP contribution in [0.15, 0.2) is 35.4 Å². The SMILES string of the molecule is COc1cc(NC(=O)Cn2cnc3c(Cl)cc(Cl)cc3c2=O)c(C)cc1[N+](=O)[O-]. The van der Waals surface area contributed by atoms with Crippen molar-refractivity contribution in [1.82, 2.24) is 9.55 Å². The molecule has 1 N–H and O–H groups in total. The first-order valence-electron chi connectivity index (χ1n) is 8.18. The molecule has 29 heavy (non-hydrogen) atoms. The summed E-state index contributed by atoms with van der Waals surface area (Å²) in [6, 6.07) is 5.55. The summed E-state index contributed by atoms with van der Waals surface area (Å²) in [5.41, 5.74) is 0.381. The maximum atomic E-state index is 12.6. The van der Waals surface area contributed by atoms with Crippen LogP contribution in [0, 0.1) is 17.0 Å². The van der Waals surface area contributed by atoms with Gasteiger partial charge >= 0.3 is 5.69 Å². The van der Waals surface area contributed by atoms with E-state index in [0.717, 1.165) is 4.57 Å². The number of halogens is 2. The highest BCUT2D eigenvalue weighted by atomic mass is 35.5. The number of rotatable bonds is 5. The van der Waals surface area contributed by atoms with Gasteiger partial charge in [0.25, 0.3) is 5.56 Å². The topological polar surface area (TPSA) is 116 Å². The lowest BCUT2D eigenvalue weighted by Crippen LogP contribution is -2.28. The van der Waals surface area contributed by atoms with E-state index in [1.165, 1.54) is 37.7 Å². The number of methoxy groups -OCH3 is 1. The summed E-state index contributed by atoms with van der Waals surface area (Å²) in [6.07, 6.45) is 1.22. The van der Waals surface area contributed by atoms with Crippen LogP contribution >= 0.6 is 23.2 Å². The number of ether oxygens (including phenoxy) is 1. The zero-order valence-corrected chi connectivity index (χ0v) is 16.7. The van der Waals surface area contributed by atoms with Crippen molar-refractivity contribution in [3.63, 3.8) is 0 Å². The van der Waals surface area contributed by atoms with Gasteiger partial charge in [0.15, 0.2) is 5.75 Å². The molecule has 0 aliphatic rings. The van der Waals surface area contributed by atoms with Crippen molar-refractivity contribution in [3.8, 4) is 5.75 Å². The molecule has 2 aromatic carbocycles. The van der Waals surface area contributed by atoms with Crippen LogP contribution in [0.1, 0.15) is 5.56 Å². The Morgan fingerprint density at radius 2 is 2.03 bits per heavy atom. The lowest BCUT2D eigenvalue weighted by atomic mass is 10.1. The minimum Gasteiger partial charge on any atom is -0.490 e. The van der Waals surface area contributed by atoms with Crippen molar-refractivity contribution in [2.24, 2.45) is 0 Å². The molecule has 11 heteroatoms. The van der Waals surface area contributed by atoms with E-state index in [4.69, 9.17) is 27.9 Å². The second-order valence-corrected chi connectivity index (χ2v) is 6.95. The average Bonchev–Trinajstić information content (AvgIpc) is 2.65. The van der Waals surface area contributed by atoms with Crippen LogP contribution in [0.3, 0.4) is 0 Å². The number of aryl methyl sites for hydroxylation is 1. The van der Waals surface area contributed by atoms with Crippen molar-refractivity contribution in [3.05, 3.63) is 66.7 Å². The van der Waals surface area contributed by atoms with E-state index in [1.807, 2.05) is 0 Å². The zero-order chi connectivity index (χ0) is 21.3. The Bertz CT molecular complexity index is 1210. The number of carbonyl (C=O) groups is 1. The first kappa shape index (κ1) is 20.6. The fourth-order valence-corrected chi connectivity index (χ4v) is 3.31. The van der Waals surface area contributed by atoms with E-state index in [0.29, 0.717) is 11.3 Å². The van der Waals surface area contributed by atoms with Crippen LogP contribution in [0.25, 0.3) is 10.9 Å². The van der Waals surface area contributed by atoms with Gasteiger partial charge < -0.3 is 10.1 Å². The van der Waals surface area contributed by atoms with Gasteiger partial charge in [-0.2, -0.15) is 0 Å². The van der Waals surface area contributed by atoms with E-state index in [2.05, 4.69) is 10.3 Å². The number of nitro benzene ring substituents is 1. The van der Waals surface area contributed by atoms with Gasteiger partial charge in [-0.3, -0.25) is 24.3 Å². The van der Waals surface area contributed by atoms with Crippen molar-refractivity contribution >= 4 is 51.4 Å². The zero-order valence-electron chi connectivity index (χ0n) is 15.2. The number of nitrogens with one attached hydrogen (secondary N) is 1. The summed E-state index contributed by atoms with van der Waals surface area (Å²) in [5, 5.41) is 14.4. The predicted octanol–water partition coefficient (Wildman–Crippen LogP) is 3.57. The van der Waals surface area contributed by atoms with E-state index in [1.54, 1.807) is 6.92 Å². The Labute approximate surface area is 174 Å². The molecule has 0 saturated heterocycles. The Kier molecular flexibility index (Phi) is 5.71. The third kappa shape index (κ3) is 4.15. The fraction of sp³-hybridized carbons (Fsp3) is 0.167. The fourth-order valence-electron chi connectivity index (χ4n) is 2.77. The van der Waals surface area contributed by atoms with E-state index < -0.39 is 16.4 Å². The molecule has 150 valence electrons. The highest BCUT2D eigenvalue weighted by molar-refractivity contribution is 6.38. The summed E-state index contributed by atoms with van der Waals surface area (Å²) in [7, 11) is 1.29. The Morgan fingerprint density at radius 3 is 2.69 bits per heavy atom. The Hall–Kier alpha value is -3.17. The lowest BCUT2D eigenvalue weighted by Gasteiger charge is -2.12. The minimum absolute atomic E-state index is 0.00437. The summed E-state index contributed by atoms with van der Waals surface area (Å²) in [4.78, 5) is 39.7. The highest BCUT2D eigenvalue weighted by Gasteiger charge is 2.19. The molecule has 1 heterocycles. The molecule has 0 saturated carbocycles. The van der Waals surface area contributed by atoms with E-state index in [9.17, 15) is 19.7 Å². The molecule has 0 unspecified atom stereocenters. The number of carbonyl (C=O) groups excluding carboxylic acids is 1. The third-order valence-electron chi connectivity index (χ3n) is 4.16. The second-order valence-electron chi connectivity index (χ2n) is 6.11. The molecule has 0 fully saturated rings. The largest absolute Gasteiger partial charge is 0.490 e. The van der Waals surface area contributed by atoms with Crippen LogP contribution in [0.2, 0.25) is 10.0 Å². The molecule has 0 bridgehead atoms. The molecule has 1 amide bonds. The first-order valence-corrected chi connectivity index (χ1v) is 8.94. The number of amides is 1. The van der Waals surface area contributed by atoms with Crippen LogP contribution in [-0.2, 0) is 11.3 Å². The van der Waals surface area contributed by atoms with Crippen molar-refractivity contribution in [2.45, 2.75) is 13.5 Å². The molecular weight excluding hydrogens is 423 g/mol. The molecule has 0 aliphatic carbocycles. The van der Waals surface area contributed by atoms with Gasteiger partial charge in [0.05, 0.1) is 34.3 Å². The number of benzene rings is 2. The van der Waals surface area contributed by atoms with Crippen LogP contribution in [-0.4, -0.2) is 27.5 Å². The molecule has 0 aliphatic heterocycles. The smallest absolute Gasteiger partial charge is 0.311 e. The molecule has 1 aromatic heterocycles. The van der Waals surface area contributed by atoms with Crippen molar-refractivity contribution < 1.29 is 14.5 Å². The van der Waals surface area contributed by atoms with Gasteiger partial charge in [0.1, 0.15) is 6.54 Å². The Morgan fingerprint density at radius 1 is 1.31 bits per heavy atom. The van der Waals surface area contributed by atoms with Gasteiger partial charge in [0.2, 0.25) is 5.91 Å². The molecular formula is C18H14Cl2N4O5. The van der Waals surface area contributed by atoms with Crippen molar-refractivity contribution in [2.75, 3.05) is 12.4 Å². The van der Waals surface area contributed by atoms with E-state index >= 15 is 0 Å². The van der Waals surface area contributed by atoms with E-state index in [-0.39, 0.29) is 38.9 Å². The monoisotopic (exact) mass is 436 g/mol. The van der Waals surface area contributed by atoms with Gasteiger partial charge in [-0.15, -0.1) is 0 Å². The normalized spacial score (nSPS) is 10.8. The Balaban J connectivity index is 1.89. The maximum absolute atomic E-state index is 12.6. The first-order chi connectivity index (χ1) is 13.7. The molecule has 3 rings (SSSR count). The number of nitrogens with zero attached hydrogens (tertiary/aromatic N) is 3. The molecule has 9 nitrogen and oxygen atoms in total. The summed E-state index contributed by atoms with van der Waals surface area (Å²) >= 11 is 12.0. The average molecular weight is 437 g/mol. The molecule has 0 atom stereocenters. The lowest BCUT2D eigenvalue weighted by molar-refractivity contribution is -0.385. The molecule has 3 aromatic rings. The van der Waals surface area contributed by atoms with Gasteiger partial charge in [-0.05, 0) is 24.6 Å². The standard InChI is InChI=1S/C18H14Cl2N4O5/c1-9-3-14(24(27)28)15(29-2)6-13(9)22-16(25)7-23-8-21-17-11(18(23)26)4-10(19)5-12(17)20/h3-6,8H,7H2,1-2H3,(H,22,25). The van der Waals surface area contributed by atoms with Gasteiger partial charge in [0, 0.05) is 22.8 Å². The maximum Gasteiger partial charge on any atom is 0.311 e. The third-order valence-corrected chi connectivity index (χ3v) is 4.66. The number of fused-ring (bicyclic) bond motifs is 1. The number of aromatic nitrogens is 2. The molecule has 0 spiro atoms. The number of anilines is 1. The second kappa shape index (κ2) is 8.06. The van der Waals surface area contributed by atoms with Gasteiger partial charge in [-0.25, -0.2) is 4.98 Å². The number of hydrogen-bond acceptors (Lipinski definition) is 6. The van der Waals surface area contributed by atoms with Crippen LogP contribution in [0.5, 0.6) is 5.75 Å². The predicted molar refractivity (Wildman–Crippen MR) is 109 cm³/mol. The number of nitro groups is 1. The van der Waals surface area contributed by atoms with Crippen LogP contribution in [0.4, 0.5) is 11.4 Å². The summed E-state index contributed by atoms with van der Waals surface area (Å²) in [6.45, 7) is 1.28. The van der Waals surface area contributed by atoms with Crippen molar-refractivity contribution in [1.29, 1.82) is 0 Å². The quantitative estimate of drug-likeness (QED) is 0.482. The summed E-state index contributed by atoms with van der Waals surface area (Å²) < 4.78 is 6.12. The highest BCUT2D eigenvalue weighted by Crippen LogP contribution is 2.32. The van der Waals surface area contributed by atoms with Gasteiger partial charge in [-0.1, -0.05) is 23.2 Å².